The summed E-state index contributed by atoms with van der Waals surface area (Å²) in [5.41, 5.74) is 8.07. The Morgan fingerprint density at radius 1 is 0.868 bits per heavy atom. The van der Waals surface area contributed by atoms with E-state index in [4.69, 9.17) is 5.73 Å². The third kappa shape index (κ3) is 5.15. The van der Waals surface area contributed by atoms with Crippen molar-refractivity contribution in [3.8, 4) is 0 Å². The number of allylic oxidation sites excluding steroid dienone is 2. The molecular formula is C30H25N3O5. The lowest BCUT2D eigenvalue weighted by atomic mass is 9.87. The predicted molar refractivity (Wildman–Crippen MR) is 146 cm³/mol. The number of carbonyl (C=O) groups is 4. The number of hydrogen-bond acceptors (Lipinski definition) is 5. The van der Waals surface area contributed by atoms with Gasteiger partial charge in [0.05, 0.1) is 11.3 Å². The van der Waals surface area contributed by atoms with Gasteiger partial charge in [0.25, 0.3) is 17.7 Å². The standard InChI is InChI=1S/C30H25N3O5/c1-32(2)22-15-11-19(12-16-22)7-6-10-24-25(20-8-4-3-5-9-20)26(27(31)34)29(36)33(28(24)35)23-17-13-21(14-18-23)30(37)38/h3-18H,1-2H3,(H2,31,34)(H,37,38)/b7-6+,24-10-. The number of carboxylic acid groups (broad SMARTS) is 1. The van der Waals surface area contributed by atoms with E-state index in [1.54, 1.807) is 48.6 Å². The van der Waals surface area contributed by atoms with E-state index in [0.717, 1.165) is 16.2 Å². The summed E-state index contributed by atoms with van der Waals surface area (Å²) < 4.78 is 0. The number of rotatable bonds is 7. The van der Waals surface area contributed by atoms with E-state index in [9.17, 15) is 24.3 Å². The van der Waals surface area contributed by atoms with Gasteiger partial charge in [0, 0.05) is 30.9 Å². The van der Waals surface area contributed by atoms with Crippen LogP contribution in [0.25, 0.3) is 11.6 Å². The molecule has 8 heteroatoms. The number of nitrogens with two attached hydrogens (primary N) is 1. The summed E-state index contributed by atoms with van der Waals surface area (Å²) in [6, 6.07) is 21.6. The molecule has 1 heterocycles. The Morgan fingerprint density at radius 2 is 1.50 bits per heavy atom. The minimum atomic E-state index is -1.15. The fourth-order valence-corrected chi connectivity index (χ4v) is 4.09. The van der Waals surface area contributed by atoms with Crippen LogP contribution < -0.4 is 15.5 Å². The Bertz CT molecular complexity index is 1500. The van der Waals surface area contributed by atoms with Gasteiger partial charge in [-0.15, -0.1) is 0 Å². The monoisotopic (exact) mass is 507 g/mol. The number of imide groups is 1. The van der Waals surface area contributed by atoms with Crippen molar-refractivity contribution >= 4 is 46.7 Å². The third-order valence-electron chi connectivity index (χ3n) is 6.01. The molecule has 0 unspecified atom stereocenters. The first kappa shape index (κ1) is 25.8. The predicted octanol–water partition coefficient (Wildman–Crippen LogP) is 3.90. The normalized spacial score (nSPS) is 14.9. The van der Waals surface area contributed by atoms with E-state index in [1.165, 1.54) is 24.3 Å². The molecule has 0 aromatic heterocycles. The van der Waals surface area contributed by atoms with Crippen molar-refractivity contribution in [3.05, 3.63) is 119 Å². The first-order chi connectivity index (χ1) is 18.2. The zero-order valence-electron chi connectivity index (χ0n) is 20.8. The molecule has 38 heavy (non-hydrogen) atoms. The maximum atomic E-state index is 13.8. The molecule has 0 fully saturated rings. The fourth-order valence-electron chi connectivity index (χ4n) is 4.09. The third-order valence-corrected chi connectivity index (χ3v) is 6.01. The maximum absolute atomic E-state index is 13.8. The van der Waals surface area contributed by atoms with Crippen molar-refractivity contribution < 1.29 is 24.3 Å². The number of nitrogens with zero attached hydrogens (tertiary/aromatic N) is 2. The van der Waals surface area contributed by atoms with E-state index < -0.39 is 23.7 Å². The van der Waals surface area contributed by atoms with Gasteiger partial charge in [-0.2, -0.15) is 0 Å². The van der Waals surface area contributed by atoms with Crippen LogP contribution in [-0.2, 0) is 14.4 Å². The summed E-state index contributed by atoms with van der Waals surface area (Å²) in [5, 5.41) is 9.21. The highest BCUT2D eigenvalue weighted by molar-refractivity contribution is 6.43. The molecule has 1 aliphatic rings. The first-order valence-electron chi connectivity index (χ1n) is 11.7. The van der Waals surface area contributed by atoms with Crippen LogP contribution in [0.2, 0.25) is 0 Å². The van der Waals surface area contributed by atoms with Gasteiger partial charge in [0.15, 0.2) is 0 Å². The molecule has 0 atom stereocenters. The van der Waals surface area contributed by atoms with E-state index >= 15 is 0 Å². The molecule has 190 valence electrons. The molecule has 3 aromatic rings. The van der Waals surface area contributed by atoms with Crippen molar-refractivity contribution in [3.63, 3.8) is 0 Å². The number of hydrogen-bond donors (Lipinski definition) is 2. The average molecular weight is 508 g/mol. The van der Waals surface area contributed by atoms with Gasteiger partial charge < -0.3 is 15.7 Å². The molecule has 0 saturated heterocycles. The minimum Gasteiger partial charge on any atom is -0.478 e. The summed E-state index contributed by atoms with van der Waals surface area (Å²) >= 11 is 0. The van der Waals surface area contributed by atoms with Crippen LogP contribution in [0.4, 0.5) is 11.4 Å². The minimum absolute atomic E-state index is 0.0136. The Labute approximate surface area is 219 Å². The number of carbonyl (C=O) groups excluding carboxylic acids is 3. The van der Waals surface area contributed by atoms with Crippen LogP contribution in [0.5, 0.6) is 0 Å². The van der Waals surface area contributed by atoms with Gasteiger partial charge in [-0.05, 0) is 53.6 Å². The number of carboxylic acids is 1. The quantitative estimate of drug-likeness (QED) is 0.284. The highest BCUT2D eigenvalue weighted by Crippen LogP contribution is 2.36. The topological polar surface area (TPSA) is 121 Å². The number of benzene rings is 3. The zero-order valence-corrected chi connectivity index (χ0v) is 20.8. The zero-order chi connectivity index (χ0) is 27.4. The summed E-state index contributed by atoms with van der Waals surface area (Å²) in [7, 11) is 3.89. The Kier molecular flexibility index (Phi) is 7.34. The Hall–Kier alpha value is -5.24. The second kappa shape index (κ2) is 10.8. The van der Waals surface area contributed by atoms with E-state index in [1.807, 2.05) is 43.3 Å². The van der Waals surface area contributed by atoms with Gasteiger partial charge in [0.2, 0.25) is 0 Å². The molecule has 8 nitrogen and oxygen atoms in total. The summed E-state index contributed by atoms with van der Waals surface area (Å²) in [6.45, 7) is 0. The van der Waals surface area contributed by atoms with Crippen LogP contribution in [0.1, 0.15) is 21.5 Å². The lowest BCUT2D eigenvalue weighted by Gasteiger charge is -2.30. The Morgan fingerprint density at radius 3 is 2.05 bits per heavy atom. The van der Waals surface area contributed by atoms with Crippen molar-refractivity contribution in [2.75, 3.05) is 23.9 Å². The number of anilines is 2. The largest absolute Gasteiger partial charge is 0.478 e. The Balaban J connectivity index is 1.85. The van der Waals surface area contributed by atoms with E-state index in [2.05, 4.69) is 0 Å². The van der Waals surface area contributed by atoms with Gasteiger partial charge >= 0.3 is 5.97 Å². The molecular weight excluding hydrogens is 482 g/mol. The van der Waals surface area contributed by atoms with E-state index in [-0.39, 0.29) is 28.0 Å². The SMILES string of the molecule is CN(C)c1ccc(/C=C/C=C2\C(=O)N(c3ccc(C(=O)O)cc3)C(=O)C(C(N)=O)=C2c2ccccc2)cc1. The summed E-state index contributed by atoms with van der Waals surface area (Å²) in [4.78, 5) is 53.9. The molecule has 0 bridgehead atoms. The highest BCUT2D eigenvalue weighted by Gasteiger charge is 2.40. The van der Waals surface area contributed by atoms with Crippen LogP contribution >= 0.6 is 0 Å². The number of aromatic carboxylic acids is 1. The van der Waals surface area contributed by atoms with Crippen LogP contribution in [0.15, 0.2) is 102 Å². The second-order valence-electron chi connectivity index (χ2n) is 8.70. The smallest absolute Gasteiger partial charge is 0.335 e. The van der Waals surface area contributed by atoms with Crippen molar-refractivity contribution in [1.29, 1.82) is 0 Å². The lowest BCUT2D eigenvalue weighted by molar-refractivity contribution is -0.124. The first-order valence-corrected chi connectivity index (χ1v) is 11.7. The van der Waals surface area contributed by atoms with Crippen LogP contribution in [-0.4, -0.2) is 42.9 Å². The molecule has 0 aliphatic carbocycles. The highest BCUT2D eigenvalue weighted by atomic mass is 16.4. The fraction of sp³-hybridized carbons (Fsp3) is 0.0667. The van der Waals surface area contributed by atoms with Crippen molar-refractivity contribution in [2.24, 2.45) is 5.73 Å². The molecule has 3 N–H and O–H groups in total. The molecule has 3 aromatic carbocycles. The molecule has 3 amide bonds. The van der Waals surface area contributed by atoms with Crippen LogP contribution in [0, 0.1) is 0 Å². The number of amides is 3. The van der Waals surface area contributed by atoms with Gasteiger partial charge in [-0.1, -0.05) is 54.6 Å². The second-order valence-corrected chi connectivity index (χ2v) is 8.70. The van der Waals surface area contributed by atoms with Gasteiger partial charge in [-0.3, -0.25) is 14.4 Å². The van der Waals surface area contributed by atoms with Gasteiger partial charge in [0.1, 0.15) is 5.57 Å². The lowest BCUT2D eigenvalue weighted by Crippen LogP contribution is -2.46. The molecule has 0 radical (unpaired) electrons. The maximum Gasteiger partial charge on any atom is 0.335 e. The van der Waals surface area contributed by atoms with E-state index in [0.29, 0.717) is 5.56 Å². The molecule has 0 spiro atoms. The average Bonchev–Trinajstić information content (AvgIpc) is 2.90. The van der Waals surface area contributed by atoms with Gasteiger partial charge in [-0.25, -0.2) is 9.69 Å². The summed E-state index contributed by atoms with van der Waals surface area (Å²) in [5.74, 6) is -3.69. The van der Waals surface area contributed by atoms with Crippen molar-refractivity contribution in [2.45, 2.75) is 0 Å². The van der Waals surface area contributed by atoms with Crippen LogP contribution in [0.3, 0.4) is 0 Å². The molecule has 4 rings (SSSR count). The molecule has 1 aliphatic heterocycles. The van der Waals surface area contributed by atoms with Crippen molar-refractivity contribution in [1.82, 2.24) is 0 Å². The summed E-state index contributed by atoms with van der Waals surface area (Å²) in [6.07, 6.45) is 5.01. The number of primary amides is 1. The molecule has 0 saturated carbocycles.